The molecule has 3 aliphatic rings. The number of anilines is 1. The summed E-state index contributed by atoms with van der Waals surface area (Å²) in [4.78, 5) is 23.3. The van der Waals surface area contributed by atoms with E-state index in [1.165, 1.54) is 19.4 Å². The van der Waals surface area contributed by atoms with E-state index in [1.54, 1.807) is 22.8 Å². The fourth-order valence-electron chi connectivity index (χ4n) is 4.22. The summed E-state index contributed by atoms with van der Waals surface area (Å²) in [5.74, 6) is 0.826. The summed E-state index contributed by atoms with van der Waals surface area (Å²) in [5, 5.41) is 7.56. The third kappa shape index (κ3) is 4.60. The molecule has 9 nitrogen and oxygen atoms in total. The van der Waals surface area contributed by atoms with Crippen molar-refractivity contribution in [1.82, 2.24) is 24.9 Å². The van der Waals surface area contributed by atoms with Crippen molar-refractivity contribution in [2.24, 2.45) is 12.0 Å². The third-order valence-electron chi connectivity index (χ3n) is 5.68. The molecule has 4 heterocycles. The van der Waals surface area contributed by atoms with Gasteiger partial charge in [0, 0.05) is 52.5 Å². The SMILES string of the molecule is CN=C(NCC1CN2CCCC2CO1)N1CCN(c2cnn(C)c2)C(=O)C1.I. The summed E-state index contributed by atoms with van der Waals surface area (Å²) in [6.07, 6.45) is 6.30. The van der Waals surface area contributed by atoms with Gasteiger partial charge < -0.3 is 19.9 Å². The van der Waals surface area contributed by atoms with Crippen LogP contribution in [0, 0.1) is 0 Å². The summed E-state index contributed by atoms with van der Waals surface area (Å²) in [7, 11) is 3.62. The molecule has 0 aromatic carbocycles. The zero-order valence-electron chi connectivity index (χ0n) is 16.6. The predicted octanol–water partition coefficient (Wildman–Crippen LogP) is 0.125. The number of guanidine groups is 1. The van der Waals surface area contributed by atoms with Crippen molar-refractivity contribution in [2.45, 2.75) is 25.0 Å². The number of nitrogens with zero attached hydrogens (tertiary/aromatic N) is 6. The van der Waals surface area contributed by atoms with E-state index in [9.17, 15) is 4.79 Å². The van der Waals surface area contributed by atoms with Crippen LogP contribution in [0.5, 0.6) is 0 Å². The van der Waals surface area contributed by atoms with E-state index in [0.29, 0.717) is 25.7 Å². The molecule has 1 N–H and O–H groups in total. The number of hydrogen-bond acceptors (Lipinski definition) is 5. The van der Waals surface area contributed by atoms with Gasteiger partial charge in [0.05, 0.1) is 24.6 Å². The molecule has 156 valence electrons. The first-order valence-corrected chi connectivity index (χ1v) is 9.74. The fourth-order valence-corrected chi connectivity index (χ4v) is 4.22. The predicted molar refractivity (Wildman–Crippen MR) is 118 cm³/mol. The smallest absolute Gasteiger partial charge is 0.246 e. The highest BCUT2D eigenvalue weighted by Crippen LogP contribution is 2.22. The highest BCUT2D eigenvalue weighted by molar-refractivity contribution is 14.0. The van der Waals surface area contributed by atoms with Crippen molar-refractivity contribution < 1.29 is 9.53 Å². The second-order valence-electron chi connectivity index (χ2n) is 7.51. The second kappa shape index (κ2) is 9.40. The van der Waals surface area contributed by atoms with E-state index in [0.717, 1.165) is 31.3 Å². The number of carbonyl (C=O) groups is 1. The van der Waals surface area contributed by atoms with Gasteiger partial charge in [-0.25, -0.2) is 0 Å². The maximum absolute atomic E-state index is 12.6. The second-order valence-corrected chi connectivity index (χ2v) is 7.51. The number of aromatic nitrogens is 2. The van der Waals surface area contributed by atoms with Crippen LogP contribution in [-0.4, -0.2) is 96.5 Å². The van der Waals surface area contributed by atoms with Gasteiger partial charge in [-0.1, -0.05) is 0 Å². The number of aryl methyl sites for hydroxylation is 1. The normalized spacial score (nSPS) is 26.2. The summed E-state index contributed by atoms with van der Waals surface area (Å²) in [6.45, 7) is 5.38. The minimum atomic E-state index is 0. The van der Waals surface area contributed by atoms with Crippen LogP contribution in [0.4, 0.5) is 5.69 Å². The van der Waals surface area contributed by atoms with E-state index < -0.39 is 0 Å². The Morgan fingerprint density at radius 1 is 1.39 bits per heavy atom. The Labute approximate surface area is 183 Å². The van der Waals surface area contributed by atoms with Crippen molar-refractivity contribution >= 4 is 41.5 Å². The number of hydrogen-bond donors (Lipinski definition) is 1. The molecule has 0 saturated carbocycles. The topological polar surface area (TPSA) is 78.2 Å². The van der Waals surface area contributed by atoms with E-state index in [-0.39, 0.29) is 36.0 Å². The van der Waals surface area contributed by atoms with Crippen LogP contribution in [0.15, 0.2) is 17.4 Å². The molecular formula is C18H30IN7O2. The lowest BCUT2D eigenvalue weighted by atomic mass is 10.2. The average molecular weight is 503 g/mol. The molecule has 10 heteroatoms. The molecule has 1 aromatic heterocycles. The first-order valence-electron chi connectivity index (χ1n) is 9.74. The molecule has 2 atom stereocenters. The summed E-state index contributed by atoms with van der Waals surface area (Å²) >= 11 is 0. The zero-order valence-corrected chi connectivity index (χ0v) is 18.9. The Hall–Kier alpha value is -1.40. The number of nitrogens with one attached hydrogen (secondary N) is 1. The Morgan fingerprint density at radius 2 is 2.25 bits per heavy atom. The van der Waals surface area contributed by atoms with Crippen molar-refractivity contribution in [3.63, 3.8) is 0 Å². The maximum Gasteiger partial charge on any atom is 0.246 e. The van der Waals surface area contributed by atoms with Gasteiger partial charge in [-0.15, -0.1) is 24.0 Å². The minimum absolute atomic E-state index is 0. The van der Waals surface area contributed by atoms with Gasteiger partial charge in [-0.2, -0.15) is 5.10 Å². The quantitative estimate of drug-likeness (QED) is 0.359. The molecule has 1 amide bonds. The standard InChI is InChI=1S/C18H29N7O2.HI/c1-19-18(20-9-16-11-23-5-3-4-14(23)13-27-16)24-6-7-25(17(26)12-24)15-8-21-22(2)10-15;/h8,10,14,16H,3-7,9,11-13H2,1-2H3,(H,19,20);1H. The Bertz CT molecular complexity index is 710. The van der Waals surface area contributed by atoms with Crippen molar-refractivity contribution in [3.8, 4) is 0 Å². The average Bonchev–Trinajstić information content (AvgIpc) is 3.30. The van der Waals surface area contributed by atoms with Crippen LogP contribution >= 0.6 is 24.0 Å². The van der Waals surface area contributed by atoms with Crippen LogP contribution in [0.2, 0.25) is 0 Å². The van der Waals surface area contributed by atoms with Crippen molar-refractivity contribution in [2.75, 3.05) is 57.8 Å². The minimum Gasteiger partial charge on any atom is -0.373 e. The Kier molecular flexibility index (Phi) is 7.15. The molecule has 0 spiro atoms. The first kappa shape index (κ1) is 21.3. The molecule has 3 fully saturated rings. The van der Waals surface area contributed by atoms with E-state index >= 15 is 0 Å². The number of morpholine rings is 1. The zero-order chi connectivity index (χ0) is 18.8. The van der Waals surface area contributed by atoms with Gasteiger partial charge in [0.2, 0.25) is 5.91 Å². The van der Waals surface area contributed by atoms with Gasteiger partial charge in [0.25, 0.3) is 0 Å². The van der Waals surface area contributed by atoms with Gasteiger partial charge in [0.15, 0.2) is 5.96 Å². The molecule has 2 unspecified atom stereocenters. The largest absolute Gasteiger partial charge is 0.373 e. The lowest BCUT2D eigenvalue weighted by Gasteiger charge is -2.37. The first-order chi connectivity index (χ1) is 13.1. The van der Waals surface area contributed by atoms with Gasteiger partial charge in [-0.3, -0.25) is 19.4 Å². The molecule has 28 heavy (non-hydrogen) atoms. The molecule has 0 aliphatic carbocycles. The van der Waals surface area contributed by atoms with Crippen LogP contribution in [0.25, 0.3) is 0 Å². The number of amides is 1. The van der Waals surface area contributed by atoms with Gasteiger partial charge in [0.1, 0.15) is 6.54 Å². The number of halogens is 1. The molecule has 3 aliphatic heterocycles. The summed E-state index contributed by atoms with van der Waals surface area (Å²) < 4.78 is 7.72. The number of aliphatic imine (C=N–C) groups is 1. The Balaban J connectivity index is 0.00000225. The van der Waals surface area contributed by atoms with Crippen molar-refractivity contribution in [1.29, 1.82) is 0 Å². The lowest BCUT2D eigenvalue weighted by Crippen LogP contribution is -2.57. The van der Waals surface area contributed by atoms with Gasteiger partial charge >= 0.3 is 0 Å². The molecule has 3 saturated heterocycles. The molecule has 0 radical (unpaired) electrons. The molecule has 1 aromatic rings. The summed E-state index contributed by atoms with van der Waals surface area (Å²) in [5.41, 5.74) is 0.848. The number of rotatable bonds is 3. The molecule has 0 bridgehead atoms. The monoisotopic (exact) mass is 503 g/mol. The van der Waals surface area contributed by atoms with E-state index in [4.69, 9.17) is 4.74 Å². The van der Waals surface area contributed by atoms with Crippen molar-refractivity contribution in [3.05, 3.63) is 12.4 Å². The summed E-state index contributed by atoms with van der Waals surface area (Å²) in [6, 6.07) is 0.610. The highest BCUT2D eigenvalue weighted by atomic mass is 127. The fraction of sp³-hybridized carbons (Fsp3) is 0.722. The Morgan fingerprint density at radius 3 is 2.96 bits per heavy atom. The van der Waals surface area contributed by atoms with Crippen LogP contribution in [0.3, 0.4) is 0 Å². The van der Waals surface area contributed by atoms with E-state index in [2.05, 4.69) is 20.3 Å². The number of fused-ring (bicyclic) bond motifs is 1. The number of ether oxygens (including phenoxy) is 1. The molecular weight excluding hydrogens is 473 g/mol. The molecule has 4 rings (SSSR count). The van der Waals surface area contributed by atoms with Crippen LogP contribution in [-0.2, 0) is 16.6 Å². The lowest BCUT2D eigenvalue weighted by molar-refractivity contribution is -0.120. The van der Waals surface area contributed by atoms with Crippen LogP contribution < -0.4 is 10.2 Å². The van der Waals surface area contributed by atoms with Crippen LogP contribution in [0.1, 0.15) is 12.8 Å². The maximum atomic E-state index is 12.6. The third-order valence-corrected chi connectivity index (χ3v) is 5.68. The van der Waals surface area contributed by atoms with Gasteiger partial charge in [-0.05, 0) is 19.4 Å². The number of carbonyl (C=O) groups excluding carboxylic acids is 1. The number of piperazine rings is 1. The van der Waals surface area contributed by atoms with E-state index in [1.807, 2.05) is 18.1 Å². The highest BCUT2D eigenvalue weighted by Gasteiger charge is 2.33.